The van der Waals surface area contributed by atoms with Crippen LogP contribution in [0.3, 0.4) is 0 Å². The van der Waals surface area contributed by atoms with E-state index in [1.807, 2.05) is 0 Å². The first-order valence-electron chi connectivity index (χ1n) is 8.93. The Morgan fingerprint density at radius 2 is 1.52 bits per heavy atom. The highest BCUT2D eigenvalue weighted by Gasteiger charge is 2.31. The Hall–Kier alpha value is -3.81. The number of benzene rings is 2. The lowest BCUT2D eigenvalue weighted by molar-refractivity contribution is -0.153. The second-order valence-corrected chi connectivity index (χ2v) is 6.32. The zero-order valence-electron chi connectivity index (χ0n) is 15.4. The Morgan fingerprint density at radius 3 is 2.21 bits per heavy atom. The molecule has 1 aliphatic heterocycles. The smallest absolute Gasteiger partial charge is 0.326 e. The number of rotatable bonds is 7. The summed E-state index contributed by atoms with van der Waals surface area (Å²) in [4.78, 5) is 60.4. The third-order valence-corrected chi connectivity index (χ3v) is 4.29. The van der Waals surface area contributed by atoms with Crippen molar-refractivity contribution in [1.82, 2.24) is 4.90 Å². The summed E-state index contributed by atoms with van der Waals surface area (Å²) in [7, 11) is 0. The van der Waals surface area contributed by atoms with Crippen LogP contribution in [0.5, 0.6) is 0 Å². The van der Waals surface area contributed by atoms with Gasteiger partial charge in [0, 0.05) is 24.0 Å². The number of hydrogen-bond acceptors (Lipinski definition) is 6. The number of ketones is 1. The minimum Gasteiger partial charge on any atom is -0.454 e. The van der Waals surface area contributed by atoms with Gasteiger partial charge in [0.1, 0.15) is 6.54 Å². The molecule has 0 aromatic heterocycles. The van der Waals surface area contributed by atoms with Gasteiger partial charge in [0.05, 0.1) is 5.69 Å². The number of hydrogen-bond donors (Lipinski definition) is 1. The van der Waals surface area contributed by atoms with Crippen molar-refractivity contribution < 1.29 is 28.7 Å². The van der Waals surface area contributed by atoms with E-state index in [9.17, 15) is 24.0 Å². The molecule has 8 heteroatoms. The molecule has 0 radical (unpaired) electrons. The second kappa shape index (κ2) is 8.92. The maximum Gasteiger partial charge on any atom is 0.326 e. The molecule has 0 unspecified atom stereocenters. The van der Waals surface area contributed by atoms with Crippen LogP contribution >= 0.6 is 0 Å². The lowest BCUT2D eigenvalue weighted by Crippen LogP contribution is -2.36. The minimum absolute atomic E-state index is 0.0683. The van der Waals surface area contributed by atoms with Gasteiger partial charge < -0.3 is 10.1 Å². The van der Waals surface area contributed by atoms with Crippen molar-refractivity contribution in [2.75, 3.05) is 18.5 Å². The van der Waals surface area contributed by atoms with Gasteiger partial charge in [0.2, 0.25) is 11.8 Å². The molecule has 148 valence electrons. The Morgan fingerprint density at radius 1 is 0.897 bits per heavy atom. The van der Waals surface area contributed by atoms with Gasteiger partial charge in [-0.05, 0) is 12.1 Å². The van der Waals surface area contributed by atoms with Crippen LogP contribution in [0, 0.1) is 0 Å². The van der Waals surface area contributed by atoms with E-state index in [2.05, 4.69) is 5.32 Å². The fraction of sp³-hybridized carbons (Fsp3) is 0.190. The summed E-state index contributed by atoms with van der Waals surface area (Å²) in [5, 5.41) is 2.54. The van der Waals surface area contributed by atoms with Gasteiger partial charge in [-0.1, -0.05) is 42.5 Å². The fourth-order valence-corrected chi connectivity index (χ4v) is 2.84. The lowest BCUT2D eigenvalue weighted by Gasteiger charge is -2.13. The minimum atomic E-state index is -0.864. The van der Waals surface area contributed by atoms with E-state index in [0.29, 0.717) is 11.1 Å². The molecule has 3 amide bonds. The van der Waals surface area contributed by atoms with Crippen molar-refractivity contribution in [3.8, 4) is 0 Å². The van der Waals surface area contributed by atoms with Gasteiger partial charge in [-0.3, -0.25) is 28.9 Å². The number of anilines is 1. The normalized spacial score (nSPS) is 13.3. The molecule has 0 aliphatic carbocycles. The number of likely N-dealkylation sites (tertiary alicyclic amines) is 1. The molecule has 0 bridgehead atoms. The van der Waals surface area contributed by atoms with E-state index in [0.717, 1.165) is 4.90 Å². The first-order chi connectivity index (χ1) is 14.0. The molecule has 2 aromatic rings. The van der Waals surface area contributed by atoms with Gasteiger partial charge in [0.25, 0.3) is 5.91 Å². The molecule has 29 heavy (non-hydrogen) atoms. The quantitative estimate of drug-likeness (QED) is 0.433. The second-order valence-electron chi connectivity index (χ2n) is 6.32. The molecule has 3 rings (SSSR count). The summed E-state index contributed by atoms with van der Waals surface area (Å²) in [6.07, 6.45) is 0.137. The van der Waals surface area contributed by atoms with Gasteiger partial charge in [-0.15, -0.1) is 0 Å². The first kappa shape index (κ1) is 19.9. The van der Waals surface area contributed by atoms with Crippen LogP contribution in [-0.4, -0.2) is 47.5 Å². The summed E-state index contributed by atoms with van der Waals surface area (Å²) < 4.78 is 4.84. The van der Waals surface area contributed by atoms with Crippen LogP contribution in [0.4, 0.5) is 5.69 Å². The van der Waals surface area contributed by atoms with Gasteiger partial charge in [0.15, 0.2) is 12.4 Å². The Kier molecular flexibility index (Phi) is 6.13. The SMILES string of the molecule is O=C(COC(=O)CN1C(=O)CCC1=O)Nc1ccccc1C(=O)c1ccccc1. The van der Waals surface area contributed by atoms with Crippen molar-refractivity contribution in [1.29, 1.82) is 0 Å². The maximum atomic E-state index is 12.7. The number of amides is 3. The van der Waals surface area contributed by atoms with Crippen molar-refractivity contribution in [2.45, 2.75) is 12.8 Å². The van der Waals surface area contributed by atoms with E-state index >= 15 is 0 Å². The summed E-state index contributed by atoms with van der Waals surface area (Å²) in [5.41, 5.74) is 1.06. The van der Waals surface area contributed by atoms with Crippen molar-refractivity contribution in [3.63, 3.8) is 0 Å². The predicted octanol–water partition coefficient (Wildman–Crippen LogP) is 1.55. The third-order valence-electron chi connectivity index (χ3n) is 4.29. The number of ether oxygens (including phenoxy) is 1. The largest absolute Gasteiger partial charge is 0.454 e. The number of nitrogens with one attached hydrogen (secondary N) is 1. The van der Waals surface area contributed by atoms with Crippen LogP contribution < -0.4 is 5.32 Å². The number of carbonyl (C=O) groups is 5. The highest BCUT2D eigenvalue weighted by atomic mass is 16.5. The standard InChI is InChI=1S/C21H18N2O6/c24-17(13-29-20(27)12-23-18(25)10-11-19(23)26)22-16-9-5-4-8-15(16)21(28)14-6-2-1-3-7-14/h1-9H,10-13H2,(H,22,24). The molecule has 8 nitrogen and oxygen atoms in total. The van der Waals surface area contributed by atoms with Crippen molar-refractivity contribution in [3.05, 3.63) is 65.7 Å². The average Bonchev–Trinajstić information content (AvgIpc) is 3.05. The Bertz CT molecular complexity index is 954. The molecular formula is C21H18N2O6. The summed E-state index contributed by atoms with van der Waals surface area (Å²) in [6.45, 7) is -1.13. The molecule has 0 saturated carbocycles. The Labute approximate surface area is 166 Å². The number of nitrogens with zero attached hydrogens (tertiary/aromatic N) is 1. The molecule has 1 heterocycles. The van der Waals surface area contributed by atoms with E-state index in [1.165, 1.54) is 0 Å². The monoisotopic (exact) mass is 394 g/mol. The molecule has 0 atom stereocenters. The average molecular weight is 394 g/mol. The van der Waals surface area contributed by atoms with Gasteiger partial charge in [-0.25, -0.2) is 0 Å². The molecule has 1 fully saturated rings. The van der Waals surface area contributed by atoms with Crippen molar-refractivity contribution >= 4 is 35.2 Å². The fourth-order valence-electron chi connectivity index (χ4n) is 2.84. The molecular weight excluding hydrogens is 376 g/mol. The van der Waals surface area contributed by atoms with Crippen LogP contribution in [0.25, 0.3) is 0 Å². The highest BCUT2D eigenvalue weighted by molar-refractivity contribution is 6.14. The maximum absolute atomic E-state index is 12.7. The van der Waals surface area contributed by atoms with Crippen LogP contribution in [-0.2, 0) is 23.9 Å². The predicted molar refractivity (Wildman–Crippen MR) is 102 cm³/mol. The van der Waals surface area contributed by atoms with E-state index in [-0.39, 0.29) is 24.3 Å². The lowest BCUT2D eigenvalue weighted by atomic mass is 10.0. The number of para-hydroxylation sites is 1. The third kappa shape index (κ3) is 4.92. The summed E-state index contributed by atoms with van der Waals surface area (Å²) >= 11 is 0. The van der Waals surface area contributed by atoms with Gasteiger partial charge in [-0.2, -0.15) is 0 Å². The molecule has 2 aromatic carbocycles. The highest BCUT2D eigenvalue weighted by Crippen LogP contribution is 2.19. The van der Waals surface area contributed by atoms with Crippen LogP contribution in [0.2, 0.25) is 0 Å². The van der Waals surface area contributed by atoms with E-state index < -0.39 is 36.8 Å². The van der Waals surface area contributed by atoms with E-state index in [1.54, 1.807) is 54.6 Å². The zero-order chi connectivity index (χ0) is 20.8. The van der Waals surface area contributed by atoms with Crippen LogP contribution in [0.1, 0.15) is 28.8 Å². The molecule has 1 N–H and O–H groups in total. The number of imide groups is 1. The van der Waals surface area contributed by atoms with Gasteiger partial charge >= 0.3 is 5.97 Å². The Balaban J connectivity index is 1.58. The summed E-state index contributed by atoms with van der Waals surface area (Å²) in [6, 6.07) is 15.1. The first-order valence-corrected chi connectivity index (χ1v) is 8.93. The number of esters is 1. The molecule has 0 spiro atoms. The molecule has 1 aliphatic rings. The van der Waals surface area contributed by atoms with E-state index in [4.69, 9.17) is 4.74 Å². The zero-order valence-corrected chi connectivity index (χ0v) is 15.4. The van der Waals surface area contributed by atoms with Crippen LogP contribution in [0.15, 0.2) is 54.6 Å². The summed E-state index contributed by atoms with van der Waals surface area (Å²) in [5.74, 6) is -2.65. The topological polar surface area (TPSA) is 110 Å². The van der Waals surface area contributed by atoms with Crippen molar-refractivity contribution in [2.24, 2.45) is 0 Å². The molecule has 1 saturated heterocycles. The number of carbonyl (C=O) groups excluding carboxylic acids is 5.